The van der Waals surface area contributed by atoms with E-state index in [0.29, 0.717) is 36.0 Å². The van der Waals surface area contributed by atoms with E-state index in [9.17, 15) is 13.6 Å². The van der Waals surface area contributed by atoms with E-state index in [1.165, 1.54) is 10.6 Å². The highest BCUT2D eigenvalue weighted by Crippen LogP contribution is 2.29. The zero-order chi connectivity index (χ0) is 26.8. The Morgan fingerprint density at radius 1 is 1.08 bits per heavy atom. The molecule has 1 aliphatic heterocycles. The van der Waals surface area contributed by atoms with Crippen molar-refractivity contribution in [3.05, 3.63) is 98.4 Å². The Morgan fingerprint density at radius 2 is 1.87 bits per heavy atom. The third kappa shape index (κ3) is 5.30. The van der Waals surface area contributed by atoms with Crippen LogP contribution in [0.4, 0.5) is 8.78 Å². The summed E-state index contributed by atoms with van der Waals surface area (Å²) >= 11 is 6.41. The van der Waals surface area contributed by atoms with Crippen molar-refractivity contribution in [3.63, 3.8) is 0 Å². The van der Waals surface area contributed by atoms with Crippen LogP contribution in [0.3, 0.4) is 0 Å². The fourth-order valence-electron chi connectivity index (χ4n) is 4.44. The Hall–Kier alpha value is -3.69. The average molecular weight is 539 g/mol. The highest BCUT2D eigenvalue weighted by molar-refractivity contribution is 6.31. The van der Waals surface area contributed by atoms with E-state index in [1.807, 2.05) is 6.92 Å². The molecule has 0 radical (unpaired) electrons. The van der Waals surface area contributed by atoms with Crippen molar-refractivity contribution in [1.82, 2.24) is 19.5 Å². The van der Waals surface area contributed by atoms with E-state index in [0.717, 1.165) is 36.4 Å². The number of pyridine rings is 2. The van der Waals surface area contributed by atoms with E-state index >= 15 is 0 Å². The van der Waals surface area contributed by atoms with Crippen LogP contribution in [0.15, 0.2) is 53.6 Å². The van der Waals surface area contributed by atoms with Gasteiger partial charge in [0.2, 0.25) is 0 Å². The molecule has 0 bridgehead atoms. The second-order valence-corrected chi connectivity index (χ2v) is 9.55. The number of benzene rings is 1. The minimum atomic E-state index is -0.740. The Balaban J connectivity index is 1.47. The van der Waals surface area contributed by atoms with Gasteiger partial charge in [0, 0.05) is 54.9 Å². The van der Waals surface area contributed by atoms with Crippen LogP contribution in [-0.2, 0) is 11.3 Å². The maximum Gasteiger partial charge on any atom is 0.277 e. The third-order valence-electron chi connectivity index (χ3n) is 6.54. The molecule has 0 aliphatic carbocycles. The zero-order valence-corrected chi connectivity index (χ0v) is 21.6. The Kier molecular flexibility index (Phi) is 7.49. The van der Waals surface area contributed by atoms with Gasteiger partial charge in [-0.25, -0.2) is 18.7 Å². The van der Waals surface area contributed by atoms with Crippen LogP contribution in [0, 0.1) is 25.5 Å². The van der Waals surface area contributed by atoms with Crippen molar-refractivity contribution in [3.8, 4) is 22.8 Å². The smallest absolute Gasteiger partial charge is 0.277 e. The first-order chi connectivity index (χ1) is 18.3. The summed E-state index contributed by atoms with van der Waals surface area (Å²) in [6, 6.07) is 8.40. The molecule has 0 atom stereocenters. The largest absolute Gasteiger partial charge is 0.487 e. The predicted octanol–water partition coefficient (Wildman–Crippen LogP) is 5.71. The number of hydrogen-bond acceptors (Lipinski definition) is 6. The summed E-state index contributed by atoms with van der Waals surface area (Å²) in [5.74, 6) is -0.330. The topological polar surface area (TPSA) is 79.1 Å². The summed E-state index contributed by atoms with van der Waals surface area (Å²) in [6.07, 6.45) is 5.14. The van der Waals surface area contributed by atoms with Gasteiger partial charge in [-0.1, -0.05) is 11.6 Å². The Labute approximate surface area is 223 Å². The number of aromatic nitrogens is 4. The fraction of sp³-hybridized carbons (Fsp3) is 0.286. The standard InChI is InChI=1S/C28H25ClF2N4O3/c1-16-14-33-23(22-5-8-32-27(34-22)18-6-9-37-10-7-18)13-24(16)35-17(2)11-25(26(29)28(35)36)38-15-19-3-4-20(30)12-21(19)31/h3-5,8,11-14,18H,6-7,9-10,15H2,1-2H3. The Bertz CT molecular complexity index is 1550. The van der Waals surface area contributed by atoms with Crippen LogP contribution in [0.1, 0.15) is 41.4 Å². The maximum atomic E-state index is 14.0. The number of nitrogens with zero attached hydrogens (tertiary/aromatic N) is 4. The second kappa shape index (κ2) is 11.0. The Morgan fingerprint density at radius 3 is 2.63 bits per heavy atom. The molecule has 0 amide bonds. The first-order valence-corrected chi connectivity index (χ1v) is 12.6. The summed E-state index contributed by atoms with van der Waals surface area (Å²) in [6.45, 7) is 4.76. The molecule has 1 fully saturated rings. The van der Waals surface area contributed by atoms with Crippen molar-refractivity contribution >= 4 is 11.6 Å². The molecule has 4 heterocycles. The number of halogens is 3. The third-order valence-corrected chi connectivity index (χ3v) is 6.88. The van der Waals surface area contributed by atoms with Gasteiger partial charge < -0.3 is 9.47 Å². The molecule has 3 aromatic heterocycles. The summed E-state index contributed by atoms with van der Waals surface area (Å²) < 4.78 is 39.8. The number of rotatable bonds is 6. The van der Waals surface area contributed by atoms with Crippen LogP contribution in [-0.4, -0.2) is 32.7 Å². The average Bonchev–Trinajstić information content (AvgIpc) is 2.92. The van der Waals surface area contributed by atoms with E-state index in [-0.39, 0.29) is 28.9 Å². The molecule has 1 saturated heterocycles. The molecule has 0 spiro atoms. The van der Waals surface area contributed by atoms with Gasteiger partial charge in [0.1, 0.15) is 34.8 Å². The summed E-state index contributed by atoms with van der Waals surface area (Å²) in [5, 5.41) is -0.153. The summed E-state index contributed by atoms with van der Waals surface area (Å²) in [7, 11) is 0. The molecule has 0 saturated carbocycles. The molecule has 196 valence electrons. The van der Waals surface area contributed by atoms with Gasteiger partial charge in [-0.3, -0.25) is 14.3 Å². The lowest BCUT2D eigenvalue weighted by Gasteiger charge is -2.21. The van der Waals surface area contributed by atoms with Crippen LogP contribution in [0.25, 0.3) is 17.1 Å². The van der Waals surface area contributed by atoms with E-state index < -0.39 is 17.2 Å². The lowest BCUT2D eigenvalue weighted by molar-refractivity contribution is 0.0836. The quantitative estimate of drug-likeness (QED) is 0.313. The minimum absolute atomic E-state index is 0.109. The van der Waals surface area contributed by atoms with Crippen LogP contribution in [0.5, 0.6) is 5.75 Å². The number of ether oxygens (including phenoxy) is 2. The first-order valence-electron chi connectivity index (χ1n) is 12.2. The van der Waals surface area contributed by atoms with Gasteiger partial charge in [-0.05, 0) is 56.5 Å². The van der Waals surface area contributed by atoms with Crippen molar-refractivity contribution in [2.45, 2.75) is 39.2 Å². The molecule has 38 heavy (non-hydrogen) atoms. The zero-order valence-electron chi connectivity index (χ0n) is 20.9. The van der Waals surface area contributed by atoms with Gasteiger partial charge in [0.05, 0.1) is 17.1 Å². The van der Waals surface area contributed by atoms with Gasteiger partial charge in [-0.2, -0.15) is 0 Å². The van der Waals surface area contributed by atoms with Gasteiger partial charge in [0.25, 0.3) is 5.56 Å². The lowest BCUT2D eigenvalue weighted by Crippen LogP contribution is -2.23. The van der Waals surface area contributed by atoms with E-state index in [2.05, 4.69) is 9.97 Å². The predicted molar refractivity (Wildman–Crippen MR) is 139 cm³/mol. The highest BCUT2D eigenvalue weighted by atomic mass is 35.5. The number of aryl methyl sites for hydroxylation is 2. The number of hydrogen-bond donors (Lipinski definition) is 0. The maximum absolute atomic E-state index is 14.0. The van der Waals surface area contributed by atoms with Crippen molar-refractivity contribution in [1.29, 1.82) is 0 Å². The van der Waals surface area contributed by atoms with Gasteiger partial charge in [0.15, 0.2) is 0 Å². The highest BCUT2D eigenvalue weighted by Gasteiger charge is 2.20. The monoisotopic (exact) mass is 538 g/mol. The van der Waals surface area contributed by atoms with Crippen LogP contribution < -0.4 is 10.3 Å². The van der Waals surface area contributed by atoms with Crippen molar-refractivity contribution in [2.24, 2.45) is 0 Å². The normalized spacial score (nSPS) is 14.0. The van der Waals surface area contributed by atoms with E-state index in [1.54, 1.807) is 37.5 Å². The molecular formula is C28H25ClF2N4O3. The minimum Gasteiger partial charge on any atom is -0.487 e. The van der Waals surface area contributed by atoms with Gasteiger partial charge >= 0.3 is 0 Å². The molecule has 5 rings (SSSR count). The first kappa shape index (κ1) is 25.9. The van der Waals surface area contributed by atoms with Crippen molar-refractivity contribution < 1.29 is 18.3 Å². The lowest BCUT2D eigenvalue weighted by atomic mass is 9.99. The molecule has 7 nitrogen and oxygen atoms in total. The molecular weight excluding hydrogens is 514 g/mol. The summed E-state index contributed by atoms with van der Waals surface area (Å²) in [4.78, 5) is 27.1. The molecule has 1 aliphatic rings. The van der Waals surface area contributed by atoms with Gasteiger partial charge in [-0.15, -0.1) is 0 Å². The fourth-order valence-corrected chi connectivity index (χ4v) is 4.64. The molecule has 4 aromatic rings. The molecule has 0 N–H and O–H groups in total. The SMILES string of the molecule is Cc1cnc(-c2ccnc(C3CCOCC3)n2)cc1-n1c(C)cc(OCc2ccc(F)cc2F)c(Cl)c1=O. The molecule has 0 unspecified atom stereocenters. The van der Waals surface area contributed by atoms with Crippen LogP contribution in [0.2, 0.25) is 5.02 Å². The molecule has 10 heteroatoms. The van der Waals surface area contributed by atoms with Crippen molar-refractivity contribution in [2.75, 3.05) is 13.2 Å². The summed E-state index contributed by atoms with van der Waals surface area (Å²) in [5.41, 5.74) is 2.81. The van der Waals surface area contributed by atoms with E-state index in [4.69, 9.17) is 26.1 Å². The molecule has 1 aromatic carbocycles. The van der Waals surface area contributed by atoms with Crippen LogP contribution >= 0.6 is 11.6 Å². The second-order valence-electron chi connectivity index (χ2n) is 9.17.